The van der Waals surface area contributed by atoms with Crippen molar-refractivity contribution in [1.29, 1.82) is 0 Å². The van der Waals surface area contributed by atoms with Crippen molar-refractivity contribution in [3.05, 3.63) is 12.7 Å². The van der Waals surface area contributed by atoms with Gasteiger partial charge in [0.1, 0.15) is 0 Å². The van der Waals surface area contributed by atoms with Gasteiger partial charge in [0.15, 0.2) is 0 Å². The van der Waals surface area contributed by atoms with E-state index in [4.69, 9.17) is 0 Å². The Bertz CT molecular complexity index is 168. The Balaban J connectivity index is 2.43. The molecule has 1 aliphatic rings. The van der Waals surface area contributed by atoms with E-state index in [-0.39, 0.29) is 0 Å². The summed E-state index contributed by atoms with van der Waals surface area (Å²) < 4.78 is 0. The summed E-state index contributed by atoms with van der Waals surface area (Å²) in [7, 11) is 2.23. The van der Waals surface area contributed by atoms with Crippen molar-refractivity contribution < 1.29 is 0 Å². The Morgan fingerprint density at radius 2 is 2.08 bits per heavy atom. The zero-order chi connectivity index (χ0) is 9.90. The smallest absolute Gasteiger partial charge is 0.00406 e. The molecule has 0 saturated heterocycles. The first-order valence-corrected chi connectivity index (χ1v) is 5.41. The molecule has 1 fully saturated rings. The van der Waals surface area contributed by atoms with Crippen molar-refractivity contribution in [2.24, 2.45) is 5.41 Å². The maximum atomic E-state index is 3.86. The Morgan fingerprint density at radius 1 is 1.46 bits per heavy atom. The minimum atomic E-state index is 0.584. The Labute approximate surface area is 82.8 Å². The van der Waals surface area contributed by atoms with Gasteiger partial charge in [-0.2, -0.15) is 0 Å². The van der Waals surface area contributed by atoms with E-state index in [0.29, 0.717) is 11.5 Å². The maximum absolute atomic E-state index is 3.86. The van der Waals surface area contributed by atoms with Gasteiger partial charge in [-0.1, -0.05) is 12.5 Å². The molecule has 0 heterocycles. The molecule has 0 radical (unpaired) electrons. The van der Waals surface area contributed by atoms with Crippen LogP contribution in [0, 0.1) is 5.41 Å². The highest BCUT2D eigenvalue weighted by Crippen LogP contribution is 2.44. The predicted octanol–water partition coefficient (Wildman–Crippen LogP) is 3.07. The fourth-order valence-corrected chi connectivity index (χ4v) is 2.12. The second-order valence-corrected chi connectivity index (χ2v) is 4.86. The highest BCUT2D eigenvalue weighted by molar-refractivity contribution is 4.94. The molecule has 13 heavy (non-hydrogen) atoms. The third-order valence-electron chi connectivity index (χ3n) is 3.46. The molecule has 0 aliphatic heterocycles. The van der Waals surface area contributed by atoms with Crippen molar-refractivity contribution >= 4 is 0 Å². The summed E-state index contributed by atoms with van der Waals surface area (Å²) in [6.07, 6.45) is 7.50. The largest absolute Gasteiger partial charge is 0.303 e. The van der Waals surface area contributed by atoms with Gasteiger partial charge < -0.3 is 4.90 Å². The third-order valence-corrected chi connectivity index (χ3v) is 3.46. The summed E-state index contributed by atoms with van der Waals surface area (Å²) in [4.78, 5) is 2.46. The van der Waals surface area contributed by atoms with Crippen LogP contribution in [0.15, 0.2) is 12.7 Å². The van der Waals surface area contributed by atoms with Gasteiger partial charge in [-0.15, -0.1) is 6.58 Å². The van der Waals surface area contributed by atoms with Crippen molar-refractivity contribution in [2.75, 3.05) is 13.6 Å². The van der Waals surface area contributed by atoms with Crippen LogP contribution >= 0.6 is 0 Å². The average molecular weight is 181 g/mol. The van der Waals surface area contributed by atoms with Crippen molar-refractivity contribution in [1.82, 2.24) is 4.90 Å². The summed E-state index contributed by atoms with van der Waals surface area (Å²) in [5.41, 5.74) is 0.584. The van der Waals surface area contributed by atoms with Gasteiger partial charge in [0, 0.05) is 12.6 Å². The van der Waals surface area contributed by atoms with Crippen LogP contribution in [0.5, 0.6) is 0 Å². The van der Waals surface area contributed by atoms with E-state index in [0.717, 1.165) is 0 Å². The summed E-state index contributed by atoms with van der Waals surface area (Å²) in [6, 6.07) is 0.669. The Hall–Kier alpha value is -0.300. The highest BCUT2D eigenvalue weighted by Gasteiger charge is 2.36. The summed E-state index contributed by atoms with van der Waals surface area (Å²) in [6.45, 7) is 9.64. The van der Waals surface area contributed by atoms with Gasteiger partial charge in [0.05, 0.1) is 0 Å². The molecular formula is C12H23N. The van der Waals surface area contributed by atoms with E-state index >= 15 is 0 Å². The average Bonchev–Trinajstić information content (AvgIpc) is 2.00. The molecule has 0 aromatic rings. The molecule has 1 rings (SSSR count). The Kier molecular flexibility index (Phi) is 3.55. The summed E-state index contributed by atoms with van der Waals surface area (Å²) in [5.74, 6) is 0. The number of hydrogen-bond donors (Lipinski definition) is 0. The highest BCUT2D eigenvalue weighted by atomic mass is 15.1. The van der Waals surface area contributed by atoms with E-state index < -0.39 is 0 Å². The van der Waals surface area contributed by atoms with E-state index in [2.05, 4.69) is 38.5 Å². The van der Waals surface area contributed by atoms with Crippen LogP contribution in [0.3, 0.4) is 0 Å². The first-order chi connectivity index (χ1) is 6.09. The molecule has 0 unspecified atom stereocenters. The molecular weight excluding hydrogens is 158 g/mol. The van der Waals surface area contributed by atoms with Crippen molar-refractivity contribution in [2.45, 2.75) is 45.6 Å². The molecule has 0 aromatic carbocycles. The van der Waals surface area contributed by atoms with Gasteiger partial charge in [-0.3, -0.25) is 0 Å². The van der Waals surface area contributed by atoms with Crippen LogP contribution in [0.4, 0.5) is 0 Å². The van der Waals surface area contributed by atoms with Crippen LogP contribution in [-0.2, 0) is 0 Å². The molecule has 0 spiro atoms. The van der Waals surface area contributed by atoms with E-state index in [1.807, 2.05) is 0 Å². The Morgan fingerprint density at radius 3 is 2.38 bits per heavy atom. The zero-order valence-electron chi connectivity index (χ0n) is 9.34. The van der Waals surface area contributed by atoms with E-state index in [1.165, 1.54) is 32.2 Å². The normalized spacial score (nSPS) is 20.4. The molecule has 0 aromatic heterocycles. The molecule has 0 amide bonds. The predicted molar refractivity (Wildman–Crippen MR) is 58.9 cm³/mol. The molecule has 0 N–H and O–H groups in total. The number of nitrogens with zero attached hydrogens (tertiary/aromatic N) is 1. The lowest BCUT2D eigenvalue weighted by Crippen LogP contribution is -2.42. The molecule has 1 heteroatoms. The SMILES string of the molecule is C=CCC1(CN(C)C(C)C)CCC1. The first kappa shape index (κ1) is 10.8. The fraction of sp³-hybridized carbons (Fsp3) is 0.833. The quantitative estimate of drug-likeness (QED) is 0.589. The van der Waals surface area contributed by atoms with Crippen LogP contribution in [0.2, 0.25) is 0 Å². The van der Waals surface area contributed by atoms with Gasteiger partial charge in [-0.25, -0.2) is 0 Å². The van der Waals surface area contributed by atoms with Crippen LogP contribution in [0.25, 0.3) is 0 Å². The fourth-order valence-electron chi connectivity index (χ4n) is 2.12. The van der Waals surface area contributed by atoms with E-state index in [1.54, 1.807) is 0 Å². The molecule has 76 valence electrons. The van der Waals surface area contributed by atoms with Gasteiger partial charge in [0.25, 0.3) is 0 Å². The summed E-state index contributed by atoms with van der Waals surface area (Å²) in [5, 5.41) is 0. The topological polar surface area (TPSA) is 3.24 Å². The second-order valence-electron chi connectivity index (χ2n) is 4.86. The number of allylic oxidation sites excluding steroid dienone is 1. The number of rotatable bonds is 5. The van der Waals surface area contributed by atoms with Crippen molar-refractivity contribution in [3.63, 3.8) is 0 Å². The zero-order valence-corrected chi connectivity index (χ0v) is 9.34. The van der Waals surface area contributed by atoms with Gasteiger partial charge >= 0.3 is 0 Å². The minimum absolute atomic E-state index is 0.584. The summed E-state index contributed by atoms with van der Waals surface area (Å²) >= 11 is 0. The third kappa shape index (κ3) is 2.57. The van der Waals surface area contributed by atoms with Gasteiger partial charge in [-0.05, 0) is 45.6 Å². The van der Waals surface area contributed by atoms with Crippen molar-refractivity contribution in [3.8, 4) is 0 Å². The lowest BCUT2D eigenvalue weighted by atomic mass is 9.66. The lowest BCUT2D eigenvalue weighted by molar-refractivity contribution is 0.0686. The molecule has 0 bridgehead atoms. The second kappa shape index (κ2) is 4.28. The molecule has 1 saturated carbocycles. The molecule has 1 aliphatic carbocycles. The van der Waals surface area contributed by atoms with Crippen LogP contribution < -0.4 is 0 Å². The van der Waals surface area contributed by atoms with E-state index in [9.17, 15) is 0 Å². The molecule has 0 atom stereocenters. The first-order valence-electron chi connectivity index (χ1n) is 5.41. The maximum Gasteiger partial charge on any atom is 0.00406 e. The van der Waals surface area contributed by atoms with Crippen LogP contribution in [-0.4, -0.2) is 24.5 Å². The lowest BCUT2D eigenvalue weighted by Gasteiger charge is -2.45. The minimum Gasteiger partial charge on any atom is -0.303 e. The number of hydrogen-bond acceptors (Lipinski definition) is 1. The monoisotopic (exact) mass is 181 g/mol. The van der Waals surface area contributed by atoms with Gasteiger partial charge in [0.2, 0.25) is 0 Å². The standard InChI is InChI=1S/C12H23N/c1-5-7-12(8-6-9-12)10-13(4)11(2)3/h5,11H,1,6-10H2,2-4H3. The molecule has 1 nitrogen and oxygen atoms in total. The van der Waals surface area contributed by atoms with Crippen LogP contribution in [0.1, 0.15) is 39.5 Å².